The summed E-state index contributed by atoms with van der Waals surface area (Å²) in [5, 5.41) is 12.0. The van der Waals surface area contributed by atoms with Crippen molar-refractivity contribution in [3.63, 3.8) is 0 Å². The minimum Gasteiger partial charge on any atom is -0.393 e. The molecule has 1 aromatic carbocycles. The number of benzene rings is 1. The summed E-state index contributed by atoms with van der Waals surface area (Å²) in [6.45, 7) is 0.368. The number of nitrogens with one attached hydrogen (secondary N) is 1. The molecule has 0 heterocycles. The maximum absolute atomic E-state index is 12.8. The van der Waals surface area contributed by atoms with Gasteiger partial charge in [-0.1, -0.05) is 15.9 Å². The summed E-state index contributed by atoms with van der Waals surface area (Å²) >= 11 is 2.84. The first-order valence-corrected chi connectivity index (χ1v) is 7.39. The van der Waals surface area contributed by atoms with Crippen molar-refractivity contribution in [2.45, 2.75) is 31.5 Å². The maximum Gasteiger partial charge on any atom is 0.417 e. The highest BCUT2D eigenvalue weighted by molar-refractivity contribution is 9.10. The van der Waals surface area contributed by atoms with Gasteiger partial charge in [0.15, 0.2) is 0 Å². The lowest BCUT2D eigenvalue weighted by atomic mass is 10.1. The molecule has 3 nitrogen and oxygen atoms in total. The summed E-state index contributed by atoms with van der Waals surface area (Å²) in [5.41, 5.74) is -0.893. The Morgan fingerprint density at radius 3 is 2.67 bits per heavy atom. The van der Waals surface area contributed by atoms with Crippen molar-refractivity contribution < 1.29 is 23.1 Å². The van der Waals surface area contributed by atoms with E-state index in [1.54, 1.807) is 0 Å². The lowest BCUT2D eigenvalue weighted by Gasteiger charge is -2.13. The van der Waals surface area contributed by atoms with E-state index in [0.717, 1.165) is 12.5 Å². The number of carbonyl (C=O) groups excluding carboxylic acids is 1. The van der Waals surface area contributed by atoms with Crippen LogP contribution in [0.1, 0.15) is 35.2 Å². The van der Waals surface area contributed by atoms with E-state index in [2.05, 4.69) is 21.2 Å². The number of aliphatic hydroxyl groups excluding tert-OH is 1. The molecule has 1 amide bonds. The fraction of sp³-hybridized carbons (Fsp3) is 0.500. The Balaban J connectivity index is 2.02. The molecule has 0 bridgehead atoms. The summed E-state index contributed by atoms with van der Waals surface area (Å²) in [6, 6.07) is 3.40. The van der Waals surface area contributed by atoms with Crippen LogP contribution in [-0.2, 0) is 6.18 Å². The van der Waals surface area contributed by atoms with E-state index >= 15 is 0 Å². The van der Waals surface area contributed by atoms with Crippen molar-refractivity contribution in [1.29, 1.82) is 0 Å². The molecule has 1 aliphatic rings. The van der Waals surface area contributed by atoms with Gasteiger partial charge >= 0.3 is 6.18 Å². The van der Waals surface area contributed by atoms with E-state index in [0.29, 0.717) is 19.4 Å². The molecular weight excluding hydrogens is 351 g/mol. The molecule has 21 heavy (non-hydrogen) atoms. The molecular formula is C14H15BrF3NO2. The average Bonchev–Trinajstić information content (AvgIpc) is 2.81. The first kappa shape index (κ1) is 16.3. The fourth-order valence-corrected chi connectivity index (χ4v) is 2.93. The van der Waals surface area contributed by atoms with Crippen molar-refractivity contribution in [3.05, 3.63) is 33.8 Å². The Kier molecular flexibility index (Phi) is 4.93. The van der Waals surface area contributed by atoms with Crippen molar-refractivity contribution in [1.82, 2.24) is 5.32 Å². The minimum atomic E-state index is -4.51. The molecule has 1 aromatic rings. The summed E-state index contributed by atoms with van der Waals surface area (Å²) in [5.74, 6) is -0.351. The van der Waals surface area contributed by atoms with Crippen LogP contribution in [0, 0.1) is 5.92 Å². The molecule has 2 N–H and O–H groups in total. The molecule has 2 atom stereocenters. The second-order valence-electron chi connectivity index (χ2n) is 5.24. The predicted molar refractivity (Wildman–Crippen MR) is 74.8 cm³/mol. The lowest BCUT2D eigenvalue weighted by molar-refractivity contribution is -0.138. The summed E-state index contributed by atoms with van der Waals surface area (Å²) in [7, 11) is 0. The first-order chi connectivity index (χ1) is 9.77. The highest BCUT2D eigenvalue weighted by atomic mass is 79.9. The van der Waals surface area contributed by atoms with Crippen LogP contribution in [0.3, 0.4) is 0 Å². The van der Waals surface area contributed by atoms with E-state index in [1.165, 1.54) is 12.1 Å². The van der Waals surface area contributed by atoms with Gasteiger partial charge in [-0.2, -0.15) is 13.2 Å². The van der Waals surface area contributed by atoms with Crippen LogP contribution < -0.4 is 5.32 Å². The van der Waals surface area contributed by atoms with Crippen LogP contribution in [0.5, 0.6) is 0 Å². The molecule has 0 saturated heterocycles. The molecule has 1 fully saturated rings. The number of hydrogen-bond acceptors (Lipinski definition) is 2. The van der Waals surface area contributed by atoms with Gasteiger partial charge in [-0.25, -0.2) is 0 Å². The molecule has 0 aliphatic heterocycles. The van der Waals surface area contributed by atoms with E-state index < -0.39 is 17.6 Å². The number of aliphatic hydroxyl groups is 1. The largest absolute Gasteiger partial charge is 0.417 e. The van der Waals surface area contributed by atoms with Crippen LogP contribution in [0.4, 0.5) is 13.2 Å². The van der Waals surface area contributed by atoms with Gasteiger partial charge in [0.1, 0.15) is 0 Å². The molecule has 0 aromatic heterocycles. The van der Waals surface area contributed by atoms with Crippen molar-refractivity contribution in [3.8, 4) is 0 Å². The second kappa shape index (κ2) is 6.36. The number of rotatable bonds is 3. The monoisotopic (exact) mass is 365 g/mol. The molecule has 1 saturated carbocycles. The molecule has 7 heteroatoms. The number of halogens is 4. The number of carbonyl (C=O) groups is 1. The van der Waals surface area contributed by atoms with Gasteiger partial charge in [0.05, 0.1) is 11.7 Å². The van der Waals surface area contributed by atoms with Gasteiger partial charge in [-0.3, -0.25) is 4.79 Å². The van der Waals surface area contributed by atoms with Crippen LogP contribution >= 0.6 is 15.9 Å². The smallest absolute Gasteiger partial charge is 0.393 e. The van der Waals surface area contributed by atoms with Gasteiger partial charge in [-0.05, 0) is 43.4 Å². The predicted octanol–water partition coefficient (Wildman–Crippen LogP) is 3.36. The third-order valence-electron chi connectivity index (χ3n) is 3.60. The Bertz CT molecular complexity index is 533. The van der Waals surface area contributed by atoms with Crippen LogP contribution in [0.25, 0.3) is 0 Å². The van der Waals surface area contributed by atoms with E-state index in [1.807, 2.05) is 0 Å². The van der Waals surface area contributed by atoms with Crippen LogP contribution in [0.2, 0.25) is 0 Å². The minimum absolute atomic E-state index is 0.0240. The SMILES string of the molecule is O=C(NCC1CCC(O)C1)c1ccc(Br)c(C(F)(F)F)c1. The zero-order valence-corrected chi connectivity index (χ0v) is 12.7. The van der Waals surface area contributed by atoms with Crippen LogP contribution in [0.15, 0.2) is 22.7 Å². The zero-order valence-electron chi connectivity index (χ0n) is 11.1. The van der Waals surface area contributed by atoms with Gasteiger partial charge in [-0.15, -0.1) is 0 Å². The summed E-state index contributed by atoms with van der Waals surface area (Å²) < 4.78 is 38.2. The van der Waals surface area contributed by atoms with E-state index in [-0.39, 0.29) is 22.1 Å². The zero-order chi connectivity index (χ0) is 15.6. The standard InChI is InChI=1S/C14H15BrF3NO2/c15-12-4-2-9(6-11(12)14(16,17)18)13(21)19-7-8-1-3-10(20)5-8/h2,4,6,8,10,20H,1,3,5,7H2,(H,19,21). The Hall–Kier alpha value is -1.08. The number of hydrogen-bond donors (Lipinski definition) is 2. The first-order valence-electron chi connectivity index (χ1n) is 6.60. The molecule has 1 aliphatic carbocycles. The van der Waals surface area contributed by atoms with E-state index in [4.69, 9.17) is 0 Å². The highest BCUT2D eigenvalue weighted by Crippen LogP contribution is 2.35. The number of amides is 1. The van der Waals surface area contributed by atoms with E-state index in [9.17, 15) is 23.1 Å². The van der Waals surface area contributed by atoms with Gasteiger partial charge in [0, 0.05) is 16.6 Å². The molecule has 116 valence electrons. The van der Waals surface area contributed by atoms with Crippen LogP contribution in [-0.4, -0.2) is 23.7 Å². The molecule has 0 spiro atoms. The lowest BCUT2D eigenvalue weighted by Crippen LogP contribution is -2.29. The molecule has 0 radical (unpaired) electrons. The summed E-state index contributed by atoms with van der Waals surface area (Å²) in [6.07, 6.45) is -2.71. The Morgan fingerprint density at radius 2 is 2.10 bits per heavy atom. The third-order valence-corrected chi connectivity index (χ3v) is 4.29. The van der Waals surface area contributed by atoms with Crippen molar-refractivity contribution >= 4 is 21.8 Å². The highest BCUT2D eigenvalue weighted by Gasteiger charge is 2.33. The quantitative estimate of drug-likeness (QED) is 0.862. The number of alkyl halides is 3. The van der Waals surface area contributed by atoms with Gasteiger partial charge in [0.25, 0.3) is 5.91 Å². The average molecular weight is 366 g/mol. The molecule has 2 unspecified atom stereocenters. The van der Waals surface area contributed by atoms with Crippen molar-refractivity contribution in [2.24, 2.45) is 5.92 Å². The topological polar surface area (TPSA) is 49.3 Å². The fourth-order valence-electron chi connectivity index (χ4n) is 2.46. The summed E-state index contributed by atoms with van der Waals surface area (Å²) in [4.78, 5) is 11.9. The molecule has 2 rings (SSSR count). The second-order valence-corrected chi connectivity index (χ2v) is 6.09. The Labute approximate surface area is 128 Å². The van der Waals surface area contributed by atoms with Crippen molar-refractivity contribution in [2.75, 3.05) is 6.54 Å². The van der Waals surface area contributed by atoms with Gasteiger partial charge in [0.2, 0.25) is 0 Å². The third kappa shape index (κ3) is 4.20. The maximum atomic E-state index is 12.8. The Morgan fingerprint density at radius 1 is 1.38 bits per heavy atom. The van der Waals surface area contributed by atoms with Gasteiger partial charge < -0.3 is 10.4 Å². The normalized spacial score (nSPS) is 22.3.